The fourth-order valence-corrected chi connectivity index (χ4v) is 3.48. The Bertz CT molecular complexity index is 1070. The quantitative estimate of drug-likeness (QED) is 0.615. The SMILES string of the molecule is COc1ccc(OC)c(C=Nc2ccc(S(=O)(=O)Nc3cccnc3)cc2)c1. The molecule has 0 atom stereocenters. The van der Waals surface area contributed by atoms with Crippen LogP contribution in [0.5, 0.6) is 11.5 Å². The number of ether oxygens (including phenoxy) is 2. The van der Waals surface area contributed by atoms with Crippen molar-refractivity contribution in [2.45, 2.75) is 4.90 Å². The molecule has 3 rings (SSSR count). The minimum absolute atomic E-state index is 0.134. The molecule has 1 N–H and O–H groups in total. The number of aromatic nitrogens is 1. The van der Waals surface area contributed by atoms with Crippen LogP contribution in [0.1, 0.15) is 5.56 Å². The molecule has 0 aliphatic rings. The molecule has 8 heteroatoms. The van der Waals surface area contributed by atoms with Crippen molar-refractivity contribution in [3.8, 4) is 11.5 Å². The monoisotopic (exact) mass is 397 g/mol. The summed E-state index contributed by atoms with van der Waals surface area (Å²) in [5, 5.41) is 0. The first-order valence-corrected chi connectivity index (χ1v) is 9.79. The lowest BCUT2D eigenvalue weighted by Gasteiger charge is -2.08. The number of rotatable bonds is 7. The van der Waals surface area contributed by atoms with Crippen LogP contribution in [-0.4, -0.2) is 33.8 Å². The molecule has 28 heavy (non-hydrogen) atoms. The van der Waals surface area contributed by atoms with Gasteiger partial charge in [0.15, 0.2) is 0 Å². The molecule has 0 saturated heterocycles. The van der Waals surface area contributed by atoms with Crippen LogP contribution in [0.15, 0.2) is 76.9 Å². The van der Waals surface area contributed by atoms with Crippen molar-refractivity contribution in [1.29, 1.82) is 0 Å². The van der Waals surface area contributed by atoms with Crippen LogP contribution in [-0.2, 0) is 10.0 Å². The number of pyridine rings is 1. The summed E-state index contributed by atoms with van der Waals surface area (Å²) in [7, 11) is -0.533. The average Bonchev–Trinajstić information content (AvgIpc) is 2.72. The zero-order chi connectivity index (χ0) is 20.0. The van der Waals surface area contributed by atoms with E-state index in [1.165, 1.54) is 18.3 Å². The molecule has 0 spiro atoms. The van der Waals surface area contributed by atoms with E-state index in [0.29, 0.717) is 22.9 Å². The molecular formula is C20H19N3O4S. The molecule has 7 nitrogen and oxygen atoms in total. The molecule has 0 aliphatic carbocycles. The van der Waals surface area contributed by atoms with Gasteiger partial charge in [-0.2, -0.15) is 0 Å². The van der Waals surface area contributed by atoms with Crippen LogP contribution >= 0.6 is 0 Å². The number of benzene rings is 2. The van der Waals surface area contributed by atoms with Gasteiger partial charge in [0, 0.05) is 18.0 Å². The Kier molecular flexibility index (Phi) is 5.90. The standard InChI is InChI=1S/C20H19N3O4S/c1-26-18-7-10-20(27-2)15(12-18)13-22-16-5-8-19(9-6-16)28(24,25)23-17-4-3-11-21-14-17/h3-14,23H,1-2H3. The van der Waals surface area contributed by atoms with Gasteiger partial charge in [0.1, 0.15) is 11.5 Å². The molecule has 0 fully saturated rings. The van der Waals surface area contributed by atoms with Gasteiger partial charge in [0.2, 0.25) is 0 Å². The predicted octanol–water partition coefficient (Wildman–Crippen LogP) is 3.65. The second kappa shape index (κ2) is 8.53. The maximum absolute atomic E-state index is 12.4. The van der Waals surface area contributed by atoms with E-state index < -0.39 is 10.0 Å². The smallest absolute Gasteiger partial charge is 0.261 e. The van der Waals surface area contributed by atoms with Gasteiger partial charge in [-0.25, -0.2) is 8.42 Å². The lowest BCUT2D eigenvalue weighted by molar-refractivity contribution is 0.402. The van der Waals surface area contributed by atoms with Crippen LogP contribution in [0.4, 0.5) is 11.4 Å². The van der Waals surface area contributed by atoms with Gasteiger partial charge >= 0.3 is 0 Å². The largest absolute Gasteiger partial charge is 0.497 e. The van der Waals surface area contributed by atoms with Gasteiger partial charge in [0.25, 0.3) is 10.0 Å². The third-order valence-electron chi connectivity index (χ3n) is 3.85. The Morgan fingerprint density at radius 1 is 1.04 bits per heavy atom. The Balaban J connectivity index is 1.79. The first kappa shape index (κ1) is 19.4. The van der Waals surface area contributed by atoms with Gasteiger partial charge in [0.05, 0.1) is 36.7 Å². The molecule has 2 aromatic carbocycles. The molecule has 0 aliphatic heterocycles. The fraction of sp³-hybridized carbons (Fsp3) is 0.100. The van der Waals surface area contributed by atoms with Crippen molar-refractivity contribution in [2.75, 3.05) is 18.9 Å². The number of sulfonamides is 1. The highest BCUT2D eigenvalue weighted by Gasteiger charge is 2.14. The maximum Gasteiger partial charge on any atom is 0.261 e. The lowest BCUT2D eigenvalue weighted by atomic mass is 10.2. The van der Waals surface area contributed by atoms with Crippen molar-refractivity contribution in [3.63, 3.8) is 0 Å². The van der Waals surface area contributed by atoms with E-state index >= 15 is 0 Å². The highest BCUT2D eigenvalue weighted by atomic mass is 32.2. The summed E-state index contributed by atoms with van der Waals surface area (Å²) in [6.45, 7) is 0. The first-order chi connectivity index (χ1) is 13.5. The molecule has 3 aromatic rings. The average molecular weight is 397 g/mol. The molecule has 0 bridgehead atoms. The maximum atomic E-state index is 12.4. The van der Waals surface area contributed by atoms with Gasteiger partial charge in [-0.3, -0.25) is 14.7 Å². The third kappa shape index (κ3) is 4.66. The van der Waals surface area contributed by atoms with E-state index in [1.54, 1.807) is 69.1 Å². The minimum atomic E-state index is -3.70. The summed E-state index contributed by atoms with van der Waals surface area (Å²) < 4.78 is 37.9. The number of anilines is 1. The molecular weight excluding hydrogens is 378 g/mol. The van der Waals surface area contributed by atoms with E-state index in [-0.39, 0.29) is 4.90 Å². The molecule has 1 aromatic heterocycles. The molecule has 0 radical (unpaired) electrons. The van der Waals surface area contributed by atoms with Gasteiger partial charge in [-0.15, -0.1) is 0 Å². The topological polar surface area (TPSA) is 89.9 Å². The first-order valence-electron chi connectivity index (χ1n) is 8.31. The molecule has 144 valence electrons. The second-order valence-electron chi connectivity index (χ2n) is 5.71. The molecule has 0 saturated carbocycles. The van der Waals surface area contributed by atoms with Crippen LogP contribution < -0.4 is 14.2 Å². The minimum Gasteiger partial charge on any atom is -0.497 e. The fourth-order valence-electron chi connectivity index (χ4n) is 2.43. The van der Waals surface area contributed by atoms with Crippen molar-refractivity contribution in [3.05, 3.63) is 72.6 Å². The normalized spacial score (nSPS) is 11.4. The summed E-state index contributed by atoms with van der Waals surface area (Å²) in [6.07, 6.45) is 4.65. The summed E-state index contributed by atoms with van der Waals surface area (Å²) in [5.41, 5.74) is 1.75. The highest BCUT2D eigenvalue weighted by Crippen LogP contribution is 2.24. The number of nitrogens with one attached hydrogen (secondary N) is 1. The van der Waals surface area contributed by atoms with E-state index in [9.17, 15) is 8.42 Å². The van der Waals surface area contributed by atoms with Crippen LogP contribution in [0.2, 0.25) is 0 Å². The summed E-state index contributed by atoms with van der Waals surface area (Å²) in [4.78, 5) is 8.41. The Morgan fingerprint density at radius 2 is 1.82 bits per heavy atom. The second-order valence-corrected chi connectivity index (χ2v) is 7.39. The predicted molar refractivity (Wildman–Crippen MR) is 108 cm³/mol. The Morgan fingerprint density at radius 3 is 2.46 bits per heavy atom. The summed E-state index contributed by atoms with van der Waals surface area (Å²) in [6, 6.07) is 14.9. The number of methoxy groups -OCH3 is 2. The Hall–Kier alpha value is -3.39. The summed E-state index contributed by atoms with van der Waals surface area (Å²) in [5.74, 6) is 1.34. The van der Waals surface area contributed by atoms with Crippen molar-refractivity contribution < 1.29 is 17.9 Å². The van der Waals surface area contributed by atoms with E-state index in [2.05, 4.69) is 14.7 Å². The van der Waals surface area contributed by atoms with Gasteiger partial charge in [-0.1, -0.05) is 0 Å². The summed E-state index contributed by atoms with van der Waals surface area (Å²) >= 11 is 0. The molecule has 0 unspecified atom stereocenters. The van der Waals surface area contributed by atoms with E-state index in [1.807, 2.05) is 0 Å². The van der Waals surface area contributed by atoms with Crippen molar-refractivity contribution >= 4 is 27.6 Å². The van der Waals surface area contributed by atoms with E-state index in [0.717, 1.165) is 5.56 Å². The van der Waals surface area contributed by atoms with Crippen LogP contribution in [0.3, 0.4) is 0 Å². The zero-order valence-electron chi connectivity index (χ0n) is 15.4. The van der Waals surface area contributed by atoms with Crippen molar-refractivity contribution in [2.24, 2.45) is 4.99 Å². The number of hydrogen-bond donors (Lipinski definition) is 1. The zero-order valence-corrected chi connectivity index (χ0v) is 16.2. The Labute approximate surface area is 163 Å². The van der Waals surface area contributed by atoms with Gasteiger partial charge in [-0.05, 0) is 54.6 Å². The molecule has 0 amide bonds. The van der Waals surface area contributed by atoms with Crippen LogP contribution in [0.25, 0.3) is 0 Å². The number of aliphatic imine (C=N–C) groups is 1. The molecule has 1 heterocycles. The lowest BCUT2D eigenvalue weighted by Crippen LogP contribution is -2.12. The third-order valence-corrected chi connectivity index (χ3v) is 5.25. The highest BCUT2D eigenvalue weighted by molar-refractivity contribution is 7.92. The van der Waals surface area contributed by atoms with Crippen molar-refractivity contribution in [1.82, 2.24) is 4.98 Å². The van der Waals surface area contributed by atoms with E-state index in [4.69, 9.17) is 9.47 Å². The number of nitrogens with zero attached hydrogens (tertiary/aromatic N) is 2. The van der Waals surface area contributed by atoms with Gasteiger partial charge < -0.3 is 9.47 Å². The number of hydrogen-bond acceptors (Lipinski definition) is 6. The van der Waals surface area contributed by atoms with Crippen LogP contribution in [0, 0.1) is 0 Å².